The van der Waals surface area contributed by atoms with Crippen LogP contribution in [0.3, 0.4) is 0 Å². The Balaban J connectivity index is 3.95. The molecule has 0 radical (unpaired) electrons. The van der Waals surface area contributed by atoms with Crippen molar-refractivity contribution in [1.82, 2.24) is 5.32 Å². The SMILES string of the molecule is CCOC(=O)C1=C(C(F)(F)F)NC(C(F)(F)F)=C(C(=O)OCC)C1C(F)(F)F. The van der Waals surface area contributed by atoms with Gasteiger partial charge in [0.25, 0.3) is 0 Å². The number of dihydropyridines is 1. The fourth-order valence-electron chi connectivity index (χ4n) is 2.32. The minimum absolute atomic E-state index is 0.678. The van der Waals surface area contributed by atoms with E-state index in [1.54, 1.807) is 0 Å². The molecule has 0 saturated heterocycles. The summed E-state index contributed by atoms with van der Waals surface area (Å²) in [6.07, 6.45) is -17.6. The number of allylic oxidation sites excluding steroid dienone is 2. The summed E-state index contributed by atoms with van der Waals surface area (Å²) in [6.45, 7) is 0.743. The Labute approximate surface area is 151 Å². The third-order valence-electron chi connectivity index (χ3n) is 3.25. The van der Waals surface area contributed by atoms with E-state index in [9.17, 15) is 49.1 Å². The van der Waals surface area contributed by atoms with Gasteiger partial charge in [-0.05, 0) is 13.8 Å². The molecule has 0 bridgehead atoms. The molecule has 0 fully saturated rings. The lowest BCUT2D eigenvalue weighted by Gasteiger charge is -2.34. The van der Waals surface area contributed by atoms with Gasteiger partial charge in [-0.15, -0.1) is 0 Å². The Morgan fingerprint density at radius 2 is 1.11 bits per heavy atom. The second-order valence-electron chi connectivity index (χ2n) is 5.11. The highest BCUT2D eigenvalue weighted by Gasteiger charge is 2.60. The van der Waals surface area contributed by atoms with Crippen molar-refractivity contribution in [3.8, 4) is 0 Å². The van der Waals surface area contributed by atoms with Crippen LogP contribution in [-0.2, 0) is 19.1 Å². The first-order valence-electron chi connectivity index (χ1n) is 7.37. The highest BCUT2D eigenvalue weighted by atomic mass is 19.4. The van der Waals surface area contributed by atoms with Gasteiger partial charge in [-0.25, -0.2) is 9.59 Å². The number of carbonyl (C=O) groups excluding carboxylic acids is 2. The molecule has 0 unspecified atom stereocenters. The van der Waals surface area contributed by atoms with Crippen LogP contribution in [0.1, 0.15) is 13.8 Å². The second-order valence-corrected chi connectivity index (χ2v) is 5.11. The smallest absolute Gasteiger partial charge is 0.431 e. The molecular formula is C14H12F9NO4. The number of nitrogens with one attached hydrogen (secondary N) is 1. The van der Waals surface area contributed by atoms with Crippen LogP contribution >= 0.6 is 0 Å². The van der Waals surface area contributed by atoms with Crippen molar-refractivity contribution in [2.45, 2.75) is 32.4 Å². The maximum absolute atomic E-state index is 13.5. The first kappa shape index (κ1) is 23.6. The lowest BCUT2D eigenvalue weighted by molar-refractivity contribution is -0.174. The molecule has 0 aromatic carbocycles. The van der Waals surface area contributed by atoms with Crippen molar-refractivity contribution >= 4 is 11.9 Å². The predicted octanol–water partition coefficient (Wildman–Crippen LogP) is 3.53. The van der Waals surface area contributed by atoms with Crippen molar-refractivity contribution in [2.24, 2.45) is 5.92 Å². The Morgan fingerprint density at radius 1 is 0.786 bits per heavy atom. The van der Waals surface area contributed by atoms with E-state index < -0.39 is 72.1 Å². The Hall–Kier alpha value is -2.41. The Morgan fingerprint density at radius 3 is 1.32 bits per heavy atom. The molecule has 0 aromatic rings. The van der Waals surface area contributed by atoms with Gasteiger partial charge >= 0.3 is 30.5 Å². The lowest BCUT2D eigenvalue weighted by atomic mass is 9.84. The molecule has 0 atom stereocenters. The summed E-state index contributed by atoms with van der Waals surface area (Å²) in [6, 6.07) is 0. The number of rotatable bonds is 4. The van der Waals surface area contributed by atoms with Gasteiger partial charge in [0.05, 0.1) is 24.4 Å². The van der Waals surface area contributed by atoms with Gasteiger partial charge in [0.1, 0.15) is 17.3 Å². The molecule has 0 aromatic heterocycles. The highest BCUT2D eigenvalue weighted by Crippen LogP contribution is 2.48. The summed E-state index contributed by atoms with van der Waals surface area (Å²) < 4.78 is 128. The molecule has 1 aliphatic heterocycles. The molecule has 28 heavy (non-hydrogen) atoms. The van der Waals surface area contributed by atoms with Gasteiger partial charge in [-0.2, -0.15) is 39.5 Å². The fraction of sp³-hybridized carbons (Fsp3) is 0.571. The molecule has 0 amide bonds. The summed E-state index contributed by atoms with van der Waals surface area (Å²) >= 11 is 0. The van der Waals surface area contributed by atoms with Crippen LogP contribution in [0.15, 0.2) is 22.5 Å². The van der Waals surface area contributed by atoms with E-state index in [-0.39, 0.29) is 0 Å². The number of halogens is 9. The van der Waals surface area contributed by atoms with Gasteiger partial charge in [0.15, 0.2) is 0 Å². The van der Waals surface area contributed by atoms with Gasteiger partial charge in [-0.3, -0.25) is 0 Å². The van der Waals surface area contributed by atoms with E-state index in [1.165, 1.54) is 0 Å². The van der Waals surface area contributed by atoms with Crippen LogP contribution in [-0.4, -0.2) is 43.7 Å². The largest absolute Gasteiger partial charge is 0.463 e. The van der Waals surface area contributed by atoms with Gasteiger partial charge in [0.2, 0.25) is 0 Å². The second kappa shape index (κ2) is 7.91. The van der Waals surface area contributed by atoms with E-state index in [2.05, 4.69) is 9.47 Å². The molecule has 1 rings (SSSR count). The Kier molecular flexibility index (Phi) is 6.68. The number of hydrogen-bond acceptors (Lipinski definition) is 5. The minimum atomic E-state index is -5.89. The Bertz CT molecular complexity index is 649. The zero-order chi connectivity index (χ0) is 22.1. The third-order valence-corrected chi connectivity index (χ3v) is 3.25. The first-order chi connectivity index (χ1) is 12.6. The van der Waals surface area contributed by atoms with Crippen LogP contribution in [0.5, 0.6) is 0 Å². The molecule has 5 nitrogen and oxygen atoms in total. The number of ether oxygens (including phenoxy) is 2. The summed E-state index contributed by atoms with van der Waals surface area (Å²) in [4.78, 5) is 23.6. The molecule has 160 valence electrons. The number of alkyl halides is 9. The third kappa shape index (κ3) is 4.90. The van der Waals surface area contributed by atoms with Crippen LogP contribution in [0.25, 0.3) is 0 Å². The standard InChI is InChI=1S/C14H12F9NO4/c1-3-27-10(25)5-7(12(15,16)17)6(11(26)28-4-2)9(14(21,22)23)24-8(5)13(18,19)20/h7,24H,3-4H2,1-2H3. The highest BCUT2D eigenvalue weighted by molar-refractivity contribution is 5.98. The molecule has 0 saturated carbocycles. The van der Waals surface area contributed by atoms with Crippen molar-refractivity contribution < 1.29 is 58.6 Å². The van der Waals surface area contributed by atoms with E-state index >= 15 is 0 Å². The summed E-state index contributed by atoms with van der Waals surface area (Å²) in [5.74, 6) is -8.25. The maximum atomic E-state index is 13.5. The van der Waals surface area contributed by atoms with E-state index in [0.717, 1.165) is 19.2 Å². The molecule has 14 heteroatoms. The zero-order valence-corrected chi connectivity index (χ0v) is 14.0. The van der Waals surface area contributed by atoms with Crippen molar-refractivity contribution in [3.05, 3.63) is 22.5 Å². The van der Waals surface area contributed by atoms with E-state index in [4.69, 9.17) is 0 Å². The van der Waals surface area contributed by atoms with Crippen LogP contribution in [0, 0.1) is 5.92 Å². The predicted molar refractivity (Wildman–Crippen MR) is 72.1 cm³/mol. The summed E-state index contributed by atoms with van der Waals surface area (Å²) in [5, 5.41) is 0.722. The van der Waals surface area contributed by atoms with Crippen LogP contribution in [0.2, 0.25) is 0 Å². The molecule has 0 spiro atoms. The van der Waals surface area contributed by atoms with Crippen molar-refractivity contribution in [1.29, 1.82) is 0 Å². The topological polar surface area (TPSA) is 64.6 Å². The molecule has 1 aliphatic rings. The van der Waals surface area contributed by atoms with E-state index in [1.807, 2.05) is 0 Å². The number of hydrogen-bond donors (Lipinski definition) is 1. The average Bonchev–Trinajstić information content (AvgIpc) is 2.50. The van der Waals surface area contributed by atoms with E-state index in [0.29, 0.717) is 0 Å². The zero-order valence-electron chi connectivity index (χ0n) is 14.0. The quantitative estimate of drug-likeness (QED) is 0.548. The molecule has 1 N–H and O–H groups in total. The molecule has 0 aliphatic carbocycles. The fourth-order valence-corrected chi connectivity index (χ4v) is 2.32. The monoisotopic (exact) mass is 429 g/mol. The summed E-state index contributed by atoms with van der Waals surface area (Å²) in [5.41, 5.74) is -9.71. The van der Waals surface area contributed by atoms with Crippen molar-refractivity contribution in [3.63, 3.8) is 0 Å². The maximum Gasteiger partial charge on any atom is 0.431 e. The molecular weight excluding hydrogens is 417 g/mol. The lowest BCUT2D eigenvalue weighted by Crippen LogP contribution is -2.47. The molecule has 1 heterocycles. The van der Waals surface area contributed by atoms with Gasteiger partial charge < -0.3 is 14.8 Å². The normalized spacial score (nSPS) is 16.8. The number of carbonyl (C=O) groups is 2. The average molecular weight is 429 g/mol. The van der Waals surface area contributed by atoms with Gasteiger partial charge in [0, 0.05) is 0 Å². The first-order valence-corrected chi connectivity index (χ1v) is 7.37. The minimum Gasteiger partial charge on any atom is -0.463 e. The van der Waals surface area contributed by atoms with Crippen LogP contribution in [0.4, 0.5) is 39.5 Å². The number of esters is 2. The van der Waals surface area contributed by atoms with Crippen LogP contribution < -0.4 is 5.32 Å². The van der Waals surface area contributed by atoms with Crippen molar-refractivity contribution in [2.75, 3.05) is 13.2 Å². The summed E-state index contributed by atoms with van der Waals surface area (Å²) in [7, 11) is 0. The van der Waals surface area contributed by atoms with Gasteiger partial charge in [-0.1, -0.05) is 0 Å².